The summed E-state index contributed by atoms with van der Waals surface area (Å²) in [6.45, 7) is 0.210. The molecule has 0 spiro atoms. The molecule has 0 radical (unpaired) electrons. The number of carbonyl (C=O) groups excluding carboxylic acids is 2. The van der Waals surface area contributed by atoms with Gasteiger partial charge in [0.2, 0.25) is 11.8 Å². The third-order valence-electron chi connectivity index (χ3n) is 2.36. The minimum atomic E-state index is -0.350. The first-order valence-corrected chi connectivity index (χ1v) is 7.49. The number of carbonyl (C=O) groups is 2. The number of rotatable bonds is 4. The van der Waals surface area contributed by atoms with Crippen molar-refractivity contribution in [1.29, 1.82) is 0 Å². The maximum Gasteiger partial charge on any atom is 0.237 e. The molecule has 1 aromatic rings. The minimum absolute atomic E-state index is 0.125. The summed E-state index contributed by atoms with van der Waals surface area (Å²) < 4.78 is 0. The minimum Gasteiger partial charge on any atom is -0.330 e. The van der Waals surface area contributed by atoms with Gasteiger partial charge in [0.05, 0.1) is 23.0 Å². The second kappa shape index (κ2) is 7.14. The third-order valence-corrected chi connectivity index (χ3v) is 3.92. The Balaban J connectivity index is 1.83. The number of hydrazine groups is 1. The Morgan fingerprint density at radius 2 is 2.25 bits per heavy atom. The Bertz CT molecular complexity index is 529. The van der Waals surface area contributed by atoms with Crippen LogP contribution >= 0.6 is 35.0 Å². The molecule has 1 saturated heterocycles. The molecule has 108 valence electrons. The van der Waals surface area contributed by atoms with E-state index in [0.29, 0.717) is 15.7 Å². The van der Waals surface area contributed by atoms with E-state index in [9.17, 15) is 9.59 Å². The van der Waals surface area contributed by atoms with Gasteiger partial charge >= 0.3 is 0 Å². The number of amides is 2. The topological polar surface area (TPSA) is 82.3 Å². The Morgan fingerprint density at radius 1 is 1.45 bits per heavy atom. The van der Waals surface area contributed by atoms with Crippen LogP contribution in [0.2, 0.25) is 10.0 Å². The van der Waals surface area contributed by atoms with Crippen molar-refractivity contribution in [2.24, 2.45) is 0 Å². The summed E-state index contributed by atoms with van der Waals surface area (Å²) in [5.41, 5.74) is 5.68. The zero-order valence-electron chi connectivity index (χ0n) is 10.2. The number of anilines is 1. The molecule has 1 atom stereocenters. The highest BCUT2D eigenvalue weighted by Gasteiger charge is 2.18. The van der Waals surface area contributed by atoms with Crippen molar-refractivity contribution in [3.63, 3.8) is 0 Å². The van der Waals surface area contributed by atoms with Gasteiger partial charge in [-0.15, -0.1) is 11.8 Å². The Morgan fingerprint density at radius 3 is 3.00 bits per heavy atom. The molecule has 1 aliphatic heterocycles. The second-order valence-corrected chi connectivity index (χ2v) is 5.87. The van der Waals surface area contributed by atoms with E-state index in [1.54, 1.807) is 18.2 Å². The van der Waals surface area contributed by atoms with Gasteiger partial charge in [-0.25, -0.2) is 10.9 Å². The molecule has 1 aliphatic rings. The van der Waals surface area contributed by atoms with E-state index in [0.717, 1.165) is 0 Å². The molecule has 1 heterocycles. The van der Waals surface area contributed by atoms with Crippen LogP contribution in [0.15, 0.2) is 18.2 Å². The maximum atomic E-state index is 11.8. The molecule has 9 heteroatoms. The van der Waals surface area contributed by atoms with E-state index in [-0.39, 0.29) is 29.6 Å². The zero-order chi connectivity index (χ0) is 14.5. The number of hydrogen-bond donors (Lipinski definition) is 4. The van der Waals surface area contributed by atoms with E-state index in [4.69, 9.17) is 23.2 Å². The van der Waals surface area contributed by atoms with Crippen LogP contribution in [0.1, 0.15) is 0 Å². The number of benzene rings is 1. The maximum absolute atomic E-state index is 11.8. The molecule has 1 aromatic carbocycles. The summed E-state index contributed by atoms with van der Waals surface area (Å²) in [5.74, 6) is -0.206. The normalized spacial score (nSPS) is 18.5. The van der Waals surface area contributed by atoms with Gasteiger partial charge in [0.15, 0.2) is 0 Å². The van der Waals surface area contributed by atoms with Crippen LogP contribution in [0.3, 0.4) is 0 Å². The van der Waals surface area contributed by atoms with E-state index in [1.165, 1.54) is 11.8 Å². The summed E-state index contributed by atoms with van der Waals surface area (Å²) in [6.07, 6.45) is 0. The van der Waals surface area contributed by atoms with Crippen LogP contribution in [0.25, 0.3) is 0 Å². The Labute approximate surface area is 129 Å². The van der Waals surface area contributed by atoms with Gasteiger partial charge in [0, 0.05) is 5.02 Å². The van der Waals surface area contributed by atoms with Crippen LogP contribution in [-0.2, 0) is 9.59 Å². The average molecular weight is 335 g/mol. The molecule has 0 aromatic heterocycles. The Kier molecular flexibility index (Phi) is 5.50. The van der Waals surface area contributed by atoms with Crippen LogP contribution in [-0.4, -0.2) is 29.6 Å². The molecule has 1 unspecified atom stereocenters. The molecule has 0 saturated carbocycles. The highest BCUT2D eigenvalue weighted by Crippen LogP contribution is 2.25. The highest BCUT2D eigenvalue weighted by atomic mass is 35.5. The van der Waals surface area contributed by atoms with Crippen LogP contribution in [0.4, 0.5) is 5.69 Å². The van der Waals surface area contributed by atoms with E-state index < -0.39 is 0 Å². The summed E-state index contributed by atoms with van der Waals surface area (Å²) in [4.78, 5) is 22.9. The van der Waals surface area contributed by atoms with Crippen molar-refractivity contribution in [2.45, 2.75) is 5.50 Å². The SMILES string of the molecule is O=C(CSC1NNCC(=O)N1)Nc1cc(Cl)ccc1Cl. The highest BCUT2D eigenvalue weighted by molar-refractivity contribution is 8.00. The molecular weight excluding hydrogens is 323 g/mol. The predicted molar refractivity (Wildman–Crippen MR) is 80.6 cm³/mol. The predicted octanol–water partition coefficient (Wildman–Crippen LogP) is 1.17. The summed E-state index contributed by atoms with van der Waals surface area (Å²) in [7, 11) is 0. The monoisotopic (exact) mass is 334 g/mol. The molecule has 2 rings (SSSR count). The quantitative estimate of drug-likeness (QED) is 0.664. The fourth-order valence-electron chi connectivity index (χ4n) is 1.48. The first-order chi connectivity index (χ1) is 9.54. The standard InChI is InChI=1S/C11H12Cl2N4O2S/c12-6-1-2-7(13)8(3-6)15-10(19)5-20-11-16-9(18)4-14-17-11/h1-3,11,14,17H,4-5H2,(H,15,19)(H,16,18). The van der Waals surface area contributed by atoms with Gasteiger partial charge in [-0.3, -0.25) is 9.59 Å². The molecule has 20 heavy (non-hydrogen) atoms. The van der Waals surface area contributed by atoms with Crippen molar-refractivity contribution in [2.75, 3.05) is 17.6 Å². The molecule has 0 bridgehead atoms. The number of hydrogen-bond acceptors (Lipinski definition) is 5. The van der Waals surface area contributed by atoms with Crippen molar-refractivity contribution in [1.82, 2.24) is 16.2 Å². The average Bonchev–Trinajstić information content (AvgIpc) is 2.41. The van der Waals surface area contributed by atoms with Crippen molar-refractivity contribution in [3.8, 4) is 0 Å². The molecule has 2 amide bonds. The molecule has 0 aliphatic carbocycles. The molecule has 1 fully saturated rings. The lowest BCUT2D eigenvalue weighted by Gasteiger charge is -2.24. The lowest BCUT2D eigenvalue weighted by atomic mass is 10.3. The van der Waals surface area contributed by atoms with Crippen molar-refractivity contribution in [3.05, 3.63) is 28.2 Å². The van der Waals surface area contributed by atoms with E-state index in [2.05, 4.69) is 21.5 Å². The van der Waals surface area contributed by atoms with Gasteiger partial charge in [-0.1, -0.05) is 23.2 Å². The number of nitrogens with one attached hydrogen (secondary N) is 4. The zero-order valence-corrected chi connectivity index (χ0v) is 12.5. The smallest absolute Gasteiger partial charge is 0.237 e. The number of halogens is 2. The third kappa shape index (κ3) is 4.53. The summed E-state index contributed by atoms with van der Waals surface area (Å²) in [5, 5.41) is 6.25. The van der Waals surface area contributed by atoms with Crippen LogP contribution in [0, 0.1) is 0 Å². The summed E-state index contributed by atoms with van der Waals surface area (Å²) in [6, 6.07) is 4.83. The van der Waals surface area contributed by atoms with Crippen LogP contribution in [0.5, 0.6) is 0 Å². The van der Waals surface area contributed by atoms with Crippen molar-refractivity contribution >= 4 is 52.5 Å². The first-order valence-electron chi connectivity index (χ1n) is 5.69. The van der Waals surface area contributed by atoms with Gasteiger partial charge in [0.25, 0.3) is 0 Å². The van der Waals surface area contributed by atoms with E-state index >= 15 is 0 Å². The van der Waals surface area contributed by atoms with Gasteiger partial charge in [0.1, 0.15) is 5.50 Å². The number of thioether (sulfide) groups is 1. The molecule has 4 N–H and O–H groups in total. The van der Waals surface area contributed by atoms with Gasteiger partial charge in [-0.2, -0.15) is 0 Å². The van der Waals surface area contributed by atoms with Gasteiger partial charge < -0.3 is 10.6 Å². The fraction of sp³-hybridized carbons (Fsp3) is 0.273. The molecular formula is C11H12Cl2N4O2S. The second-order valence-electron chi connectivity index (χ2n) is 3.93. The van der Waals surface area contributed by atoms with Crippen LogP contribution < -0.4 is 21.5 Å². The largest absolute Gasteiger partial charge is 0.330 e. The Hall–Kier alpha value is -0.990. The fourth-order valence-corrected chi connectivity index (χ4v) is 2.59. The molecule has 6 nitrogen and oxygen atoms in total. The lowest BCUT2D eigenvalue weighted by molar-refractivity contribution is -0.122. The first kappa shape index (κ1) is 15.4. The van der Waals surface area contributed by atoms with Gasteiger partial charge in [-0.05, 0) is 18.2 Å². The van der Waals surface area contributed by atoms with E-state index in [1.807, 2.05) is 0 Å². The lowest BCUT2D eigenvalue weighted by Crippen LogP contribution is -2.58. The van der Waals surface area contributed by atoms with Crippen molar-refractivity contribution < 1.29 is 9.59 Å². The summed E-state index contributed by atoms with van der Waals surface area (Å²) >= 11 is 13.0.